The van der Waals surface area contributed by atoms with Crippen LogP contribution in [0.3, 0.4) is 0 Å². The molecule has 0 heterocycles. The van der Waals surface area contributed by atoms with Gasteiger partial charge in [0.25, 0.3) is 9.05 Å². The molecule has 0 saturated heterocycles. The number of hydrogen-bond acceptors (Lipinski definition) is 4. The number of halogens is 1. The SMILES string of the molecule is COc1c(C)cc(C)c(OC)c1S(=O)(=O)Cl. The summed E-state index contributed by atoms with van der Waals surface area (Å²) in [6.07, 6.45) is 0. The van der Waals surface area contributed by atoms with Gasteiger partial charge < -0.3 is 9.47 Å². The van der Waals surface area contributed by atoms with Crippen LogP contribution in [0.4, 0.5) is 0 Å². The molecule has 0 aliphatic carbocycles. The molecule has 0 aliphatic rings. The molecule has 0 unspecified atom stereocenters. The molecule has 0 amide bonds. The van der Waals surface area contributed by atoms with Gasteiger partial charge in [-0.3, -0.25) is 0 Å². The largest absolute Gasteiger partial charge is 0.495 e. The Morgan fingerprint density at radius 2 is 1.44 bits per heavy atom. The van der Waals surface area contributed by atoms with Gasteiger partial charge in [0.15, 0.2) is 4.90 Å². The fourth-order valence-electron chi connectivity index (χ4n) is 1.65. The summed E-state index contributed by atoms with van der Waals surface area (Å²) in [4.78, 5) is -0.114. The second-order valence-electron chi connectivity index (χ2n) is 3.34. The van der Waals surface area contributed by atoms with Crippen LogP contribution in [0.15, 0.2) is 11.0 Å². The summed E-state index contributed by atoms with van der Waals surface area (Å²) in [6, 6.07) is 1.78. The topological polar surface area (TPSA) is 52.6 Å². The van der Waals surface area contributed by atoms with Crippen molar-refractivity contribution in [2.45, 2.75) is 18.7 Å². The van der Waals surface area contributed by atoms with Crippen molar-refractivity contribution in [2.75, 3.05) is 14.2 Å². The van der Waals surface area contributed by atoms with E-state index in [1.54, 1.807) is 19.9 Å². The van der Waals surface area contributed by atoms with E-state index in [1.165, 1.54) is 14.2 Å². The third-order valence-electron chi connectivity index (χ3n) is 2.21. The standard InChI is InChI=1S/C10H13ClO4S/c1-6-5-7(2)9(15-4)10(8(6)14-3)16(11,12)13/h5H,1-4H3. The lowest BCUT2D eigenvalue weighted by atomic mass is 10.1. The van der Waals surface area contributed by atoms with Crippen LogP contribution in [0, 0.1) is 13.8 Å². The quantitative estimate of drug-likeness (QED) is 0.786. The summed E-state index contributed by atoms with van der Waals surface area (Å²) in [5.41, 5.74) is 1.39. The first-order valence-corrected chi connectivity index (χ1v) is 6.80. The van der Waals surface area contributed by atoms with Gasteiger partial charge in [-0.1, -0.05) is 0 Å². The Kier molecular flexibility index (Phi) is 3.70. The summed E-state index contributed by atoms with van der Waals surface area (Å²) >= 11 is 0. The predicted octanol–water partition coefficient (Wildman–Crippen LogP) is 2.25. The van der Waals surface area contributed by atoms with Gasteiger partial charge in [-0.2, -0.15) is 0 Å². The molecule has 6 heteroatoms. The number of ether oxygens (including phenoxy) is 2. The Morgan fingerprint density at radius 3 is 1.69 bits per heavy atom. The van der Waals surface area contributed by atoms with Gasteiger partial charge in [0.1, 0.15) is 11.5 Å². The van der Waals surface area contributed by atoms with E-state index >= 15 is 0 Å². The molecule has 1 aromatic rings. The zero-order valence-corrected chi connectivity index (χ0v) is 11.1. The molecule has 4 nitrogen and oxygen atoms in total. The lowest BCUT2D eigenvalue weighted by Crippen LogP contribution is -2.03. The molecule has 0 aliphatic heterocycles. The van der Waals surface area contributed by atoms with E-state index in [1.807, 2.05) is 0 Å². The van der Waals surface area contributed by atoms with Crippen LogP contribution in [0.2, 0.25) is 0 Å². The first kappa shape index (κ1) is 13.1. The summed E-state index contributed by atoms with van der Waals surface area (Å²) in [5.74, 6) is 0.440. The molecule has 1 aromatic carbocycles. The number of hydrogen-bond donors (Lipinski definition) is 0. The van der Waals surface area contributed by atoms with E-state index in [0.29, 0.717) is 11.1 Å². The van der Waals surface area contributed by atoms with Crippen molar-refractivity contribution in [1.29, 1.82) is 0 Å². The summed E-state index contributed by atoms with van der Waals surface area (Å²) in [6.45, 7) is 3.49. The third-order valence-corrected chi connectivity index (χ3v) is 3.54. The van der Waals surface area contributed by atoms with Crippen LogP contribution in [0.25, 0.3) is 0 Å². The number of aryl methyl sites for hydroxylation is 2. The summed E-state index contributed by atoms with van der Waals surface area (Å²) in [7, 11) is 4.25. The van der Waals surface area contributed by atoms with E-state index in [-0.39, 0.29) is 16.4 Å². The Hall–Kier alpha value is -0.940. The molecule has 0 spiro atoms. The van der Waals surface area contributed by atoms with Gasteiger partial charge in [-0.05, 0) is 31.0 Å². The zero-order valence-electron chi connectivity index (χ0n) is 9.50. The van der Waals surface area contributed by atoms with Gasteiger partial charge in [0, 0.05) is 10.7 Å². The van der Waals surface area contributed by atoms with Crippen LogP contribution in [0.1, 0.15) is 11.1 Å². The van der Waals surface area contributed by atoms with E-state index in [2.05, 4.69) is 0 Å². The lowest BCUT2D eigenvalue weighted by molar-refractivity contribution is 0.370. The van der Waals surface area contributed by atoms with Crippen LogP contribution < -0.4 is 9.47 Å². The predicted molar refractivity (Wildman–Crippen MR) is 62.1 cm³/mol. The molecular formula is C10H13ClO4S. The molecule has 0 bridgehead atoms. The molecule has 0 radical (unpaired) electrons. The highest BCUT2D eigenvalue weighted by Crippen LogP contribution is 2.40. The van der Waals surface area contributed by atoms with Crippen molar-refractivity contribution in [1.82, 2.24) is 0 Å². The first-order chi connectivity index (χ1) is 7.32. The van der Waals surface area contributed by atoms with Crippen molar-refractivity contribution in [3.05, 3.63) is 17.2 Å². The van der Waals surface area contributed by atoms with Crippen LogP contribution in [-0.4, -0.2) is 22.6 Å². The van der Waals surface area contributed by atoms with Gasteiger partial charge in [-0.15, -0.1) is 0 Å². The molecule has 16 heavy (non-hydrogen) atoms. The molecule has 1 rings (SSSR count). The highest BCUT2D eigenvalue weighted by Gasteiger charge is 2.25. The summed E-state index contributed by atoms with van der Waals surface area (Å²) < 4.78 is 33.1. The minimum absolute atomic E-state index is 0.114. The van der Waals surface area contributed by atoms with E-state index < -0.39 is 9.05 Å². The molecule has 0 saturated carbocycles. The Bertz CT molecular complexity index is 480. The van der Waals surface area contributed by atoms with Crippen LogP contribution in [-0.2, 0) is 9.05 Å². The Labute approximate surface area is 99.6 Å². The van der Waals surface area contributed by atoms with Crippen molar-refractivity contribution in [3.63, 3.8) is 0 Å². The van der Waals surface area contributed by atoms with Gasteiger partial charge >= 0.3 is 0 Å². The van der Waals surface area contributed by atoms with Gasteiger partial charge in [0.2, 0.25) is 0 Å². The zero-order chi connectivity index (χ0) is 12.5. The Morgan fingerprint density at radius 1 is 1.06 bits per heavy atom. The molecule has 0 fully saturated rings. The fraction of sp³-hybridized carbons (Fsp3) is 0.400. The van der Waals surface area contributed by atoms with E-state index in [0.717, 1.165) is 0 Å². The third kappa shape index (κ3) is 2.25. The maximum atomic E-state index is 11.5. The average Bonchev–Trinajstić information content (AvgIpc) is 2.15. The molecular weight excluding hydrogens is 252 g/mol. The van der Waals surface area contributed by atoms with Crippen molar-refractivity contribution in [2.24, 2.45) is 0 Å². The summed E-state index contributed by atoms with van der Waals surface area (Å²) in [5, 5.41) is 0. The second kappa shape index (κ2) is 4.51. The lowest BCUT2D eigenvalue weighted by Gasteiger charge is -2.15. The number of benzene rings is 1. The van der Waals surface area contributed by atoms with Gasteiger partial charge in [0.05, 0.1) is 14.2 Å². The molecule has 0 aromatic heterocycles. The normalized spacial score (nSPS) is 11.3. The van der Waals surface area contributed by atoms with Crippen LogP contribution >= 0.6 is 10.7 Å². The monoisotopic (exact) mass is 264 g/mol. The van der Waals surface area contributed by atoms with Crippen molar-refractivity contribution < 1.29 is 17.9 Å². The van der Waals surface area contributed by atoms with Crippen molar-refractivity contribution in [3.8, 4) is 11.5 Å². The minimum Gasteiger partial charge on any atom is -0.495 e. The average molecular weight is 265 g/mol. The molecule has 90 valence electrons. The van der Waals surface area contributed by atoms with E-state index in [9.17, 15) is 8.42 Å². The number of rotatable bonds is 3. The van der Waals surface area contributed by atoms with E-state index in [4.69, 9.17) is 20.2 Å². The maximum absolute atomic E-state index is 11.5. The minimum atomic E-state index is -3.91. The Balaban J connectivity index is 3.77. The van der Waals surface area contributed by atoms with Crippen molar-refractivity contribution >= 4 is 19.7 Å². The first-order valence-electron chi connectivity index (χ1n) is 4.49. The highest BCUT2D eigenvalue weighted by atomic mass is 35.7. The molecule has 0 N–H and O–H groups in total. The maximum Gasteiger partial charge on any atom is 0.268 e. The molecule has 0 atom stereocenters. The highest BCUT2D eigenvalue weighted by molar-refractivity contribution is 8.14. The fourth-order valence-corrected chi connectivity index (χ4v) is 3.00. The second-order valence-corrected chi connectivity index (χ2v) is 5.85. The number of methoxy groups -OCH3 is 2. The van der Waals surface area contributed by atoms with Gasteiger partial charge in [-0.25, -0.2) is 8.42 Å². The smallest absolute Gasteiger partial charge is 0.268 e. The van der Waals surface area contributed by atoms with Crippen LogP contribution in [0.5, 0.6) is 11.5 Å².